The predicted octanol–water partition coefficient (Wildman–Crippen LogP) is 3.84. The number of thioether (sulfide) groups is 1. The third-order valence-corrected chi connectivity index (χ3v) is 6.77. The van der Waals surface area contributed by atoms with Crippen molar-refractivity contribution < 1.29 is 14.0 Å². The van der Waals surface area contributed by atoms with Crippen molar-refractivity contribution >= 4 is 11.8 Å². The molecule has 1 atom stereocenters. The fourth-order valence-corrected chi connectivity index (χ4v) is 5.02. The fourth-order valence-electron chi connectivity index (χ4n) is 4.07. The first kappa shape index (κ1) is 20.9. The van der Waals surface area contributed by atoms with Crippen molar-refractivity contribution in [3.8, 4) is 11.4 Å². The number of hydrogen-bond acceptors (Lipinski definition) is 4. The van der Waals surface area contributed by atoms with Crippen molar-refractivity contribution in [1.82, 2.24) is 14.8 Å². The summed E-state index contributed by atoms with van der Waals surface area (Å²) in [7, 11) is 1.69. The summed E-state index contributed by atoms with van der Waals surface area (Å²) < 4.78 is 21.1. The fraction of sp³-hybridized carbons (Fsp3) is 0.391. The van der Waals surface area contributed by atoms with Crippen LogP contribution in [-0.2, 0) is 5.75 Å². The lowest BCUT2D eigenvalue weighted by atomic mass is 10.1. The van der Waals surface area contributed by atoms with E-state index >= 15 is 0 Å². The molecule has 5 nitrogen and oxygen atoms in total. The molecule has 3 aromatic rings. The normalized spacial score (nSPS) is 15.8. The van der Waals surface area contributed by atoms with Crippen molar-refractivity contribution in [2.24, 2.45) is 0 Å². The first-order valence-electron chi connectivity index (χ1n) is 10.5. The van der Waals surface area contributed by atoms with Crippen LogP contribution >= 0.6 is 11.8 Å². The molecular formula is C23H28FN4OS+. The van der Waals surface area contributed by atoms with Crippen molar-refractivity contribution in [2.45, 2.75) is 43.1 Å². The van der Waals surface area contributed by atoms with Crippen molar-refractivity contribution in [3.05, 3.63) is 65.7 Å². The van der Waals surface area contributed by atoms with Crippen LogP contribution in [0.4, 0.5) is 4.39 Å². The molecule has 0 amide bonds. The number of ether oxygens (including phenoxy) is 1. The number of halogens is 1. The van der Waals surface area contributed by atoms with Gasteiger partial charge in [-0.25, -0.2) is 4.39 Å². The maximum atomic E-state index is 13.6. The summed E-state index contributed by atoms with van der Waals surface area (Å²) in [5, 5.41) is 9.93. The second-order valence-corrected chi connectivity index (χ2v) is 8.64. The number of nitrogens with one attached hydrogen (secondary N) is 1. The molecular weight excluding hydrogens is 399 g/mol. The number of aromatic nitrogens is 3. The lowest BCUT2D eigenvalue weighted by Crippen LogP contribution is -3.12. The Kier molecular flexibility index (Phi) is 6.69. The molecule has 1 aromatic heterocycles. The number of methoxy groups -OCH3 is 1. The smallest absolute Gasteiger partial charge is 0.196 e. The zero-order valence-corrected chi connectivity index (χ0v) is 18.3. The van der Waals surface area contributed by atoms with Gasteiger partial charge in [-0.1, -0.05) is 30.0 Å². The molecule has 1 aliphatic heterocycles. The topological polar surface area (TPSA) is 44.4 Å². The van der Waals surface area contributed by atoms with Gasteiger partial charge in [-0.15, -0.1) is 10.2 Å². The number of nitrogens with zero attached hydrogens (tertiary/aromatic N) is 3. The van der Waals surface area contributed by atoms with Gasteiger partial charge < -0.3 is 9.64 Å². The van der Waals surface area contributed by atoms with Crippen LogP contribution in [0.3, 0.4) is 0 Å². The Morgan fingerprint density at radius 2 is 1.80 bits per heavy atom. The number of para-hydroxylation sites is 1. The molecule has 1 aliphatic rings. The van der Waals surface area contributed by atoms with E-state index in [9.17, 15) is 4.39 Å². The number of likely N-dealkylation sites (tertiary alicyclic amines) is 1. The molecule has 4 rings (SSSR count). The summed E-state index contributed by atoms with van der Waals surface area (Å²) in [5.74, 6) is 2.27. The molecule has 7 heteroatoms. The van der Waals surface area contributed by atoms with Crippen LogP contribution in [0, 0.1) is 5.82 Å². The highest BCUT2D eigenvalue weighted by atomic mass is 32.2. The van der Waals surface area contributed by atoms with E-state index in [-0.39, 0.29) is 11.9 Å². The number of hydrogen-bond donors (Lipinski definition) is 1. The largest absolute Gasteiger partial charge is 0.496 e. The zero-order chi connectivity index (χ0) is 20.9. The second-order valence-electron chi connectivity index (χ2n) is 7.69. The van der Waals surface area contributed by atoms with Crippen molar-refractivity contribution in [1.29, 1.82) is 0 Å². The molecule has 0 radical (unpaired) electrons. The third-order valence-electron chi connectivity index (χ3n) is 5.79. The lowest BCUT2D eigenvalue weighted by molar-refractivity contribution is -0.935. The zero-order valence-electron chi connectivity index (χ0n) is 17.5. The van der Waals surface area contributed by atoms with Crippen LogP contribution in [-0.4, -0.2) is 35.0 Å². The molecule has 30 heavy (non-hydrogen) atoms. The molecule has 0 saturated carbocycles. The molecule has 158 valence electrons. The van der Waals surface area contributed by atoms with Gasteiger partial charge >= 0.3 is 0 Å². The summed E-state index contributed by atoms with van der Waals surface area (Å²) in [6.45, 7) is 4.53. The van der Waals surface area contributed by atoms with E-state index in [1.807, 2.05) is 18.2 Å². The Balaban J connectivity index is 1.66. The third kappa shape index (κ3) is 4.52. The highest BCUT2D eigenvalue weighted by molar-refractivity contribution is 7.98. The molecule has 0 spiro atoms. The average molecular weight is 428 g/mol. The van der Waals surface area contributed by atoms with E-state index in [1.54, 1.807) is 35.9 Å². The minimum absolute atomic E-state index is 0.225. The number of piperidine rings is 1. The van der Waals surface area contributed by atoms with Crippen molar-refractivity contribution in [2.75, 3.05) is 20.2 Å². The molecule has 0 bridgehead atoms. The van der Waals surface area contributed by atoms with Gasteiger partial charge in [-0.05, 0) is 56.5 Å². The summed E-state index contributed by atoms with van der Waals surface area (Å²) in [5.41, 5.74) is 2.00. The standard InChI is InChI=1S/C23H27FN4OS/c1-17(27-14-6-3-7-15-27)22-25-26-23(28(22)20-12-10-19(24)11-13-20)30-16-18-8-4-5-9-21(18)29-2/h4-5,8-13,17H,3,6-7,14-16H2,1-2H3/p+1/t17-/m0/s1. The second kappa shape index (κ2) is 9.62. The first-order valence-corrected chi connectivity index (χ1v) is 11.5. The Hall–Kier alpha value is -2.38. The van der Waals surface area contributed by atoms with Crippen LogP contribution in [0.5, 0.6) is 5.75 Å². The van der Waals surface area contributed by atoms with Crippen LogP contribution in [0.2, 0.25) is 0 Å². The van der Waals surface area contributed by atoms with E-state index in [4.69, 9.17) is 4.74 Å². The van der Waals surface area contributed by atoms with Gasteiger partial charge in [0.05, 0.1) is 20.2 Å². The summed E-state index contributed by atoms with van der Waals surface area (Å²) in [6.07, 6.45) is 3.81. The van der Waals surface area contributed by atoms with Crippen LogP contribution in [0.1, 0.15) is 43.6 Å². The summed E-state index contributed by atoms with van der Waals surface area (Å²) in [6, 6.07) is 14.8. The molecule has 0 aliphatic carbocycles. The first-order chi connectivity index (χ1) is 14.7. The Morgan fingerprint density at radius 3 is 2.53 bits per heavy atom. The number of benzene rings is 2. The summed E-state index contributed by atoms with van der Waals surface area (Å²) in [4.78, 5) is 1.54. The van der Waals surface area contributed by atoms with Gasteiger partial charge in [-0.3, -0.25) is 4.57 Å². The monoisotopic (exact) mass is 427 g/mol. The van der Waals surface area contributed by atoms with Crippen molar-refractivity contribution in [3.63, 3.8) is 0 Å². The van der Waals surface area contributed by atoms with Gasteiger partial charge in [0, 0.05) is 17.0 Å². The van der Waals surface area contributed by atoms with E-state index in [0.29, 0.717) is 5.75 Å². The van der Waals surface area contributed by atoms with E-state index < -0.39 is 0 Å². The van der Waals surface area contributed by atoms with E-state index in [0.717, 1.165) is 41.1 Å². The quantitative estimate of drug-likeness (QED) is 0.582. The SMILES string of the molecule is COc1ccccc1CSc1nnc([C@H](C)[NH+]2CCCCC2)n1-c1ccc(F)cc1. The predicted molar refractivity (Wildman–Crippen MR) is 117 cm³/mol. The maximum absolute atomic E-state index is 13.6. The number of rotatable bonds is 7. The Bertz CT molecular complexity index is 970. The van der Waals surface area contributed by atoms with E-state index in [2.05, 4.69) is 27.8 Å². The van der Waals surface area contributed by atoms with E-state index in [1.165, 1.54) is 31.4 Å². The molecule has 1 fully saturated rings. The minimum Gasteiger partial charge on any atom is -0.496 e. The van der Waals surface area contributed by atoms with Gasteiger partial charge in [0.25, 0.3) is 0 Å². The Labute approximate surface area is 181 Å². The highest BCUT2D eigenvalue weighted by Crippen LogP contribution is 2.30. The number of quaternary nitrogens is 1. The van der Waals surface area contributed by atoms with Gasteiger partial charge in [0.2, 0.25) is 0 Å². The van der Waals surface area contributed by atoms with Gasteiger partial charge in [-0.2, -0.15) is 0 Å². The van der Waals surface area contributed by atoms with Crippen LogP contribution in [0.15, 0.2) is 53.7 Å². The lowest BCUT2D eigenvalue weighted by Gasteiger charge is -2.29. The highest BCUT2D eigenvalue weighted by Gasteiger charge is 2.28. The molecule has 1 N–H and O–H groups in total. The molecule has 2 aromatic carbocycles. The molecule has 2 heterocycles. The van der Waals surface area contributed by atoms with Crippen LogP contribution < -0.4 is 9.64 Å². The van der Waals surface area contributed by atoms with Gasteiger partial charge in [0.15, 0.2) is 11.0 Å². The maximum Gasteiger partial charge on any atom is 0.196 e. The minimum atomic E-state index is -0.244. The summed E-state index contributed by atoms with van der Waals surface area (Å²) >= 11 is 1.62. The average Bonchev–Trinajstić information content (AvgIpc) is 3.22. The van der Waals surface area contributed by atoms with Crippen LogP contribution in [0.25, 0.3) is 5.69 Å². The van der Waals surface area contributed by atoms with Gasteiger partial charge in [0.1, 0.15) is 17.6 Å². The Morgan fingerprint density at radius 1 is 1.07 bits per heavy atom. The molecule has 1 saturated heterocycles. The molecule has 0 unspecified atom stereocenters.